The van der Waals surface area contributed by atoms with Crippen LogP contribution in [-0.2, 0) is 12.8 Å². The average molecular weight is 256 g/mol. The Morgan fingerprint density at radius 2 is 2.31 bits per heavy atom. The lowest BCUT2D eigenvalue weighted by molar-refractivity contribution is 0.394. The number of likely N-dealkylation sites (N-methyl/N-ethyl adjacent to an activating group) is 1. The molecule has 3 heteroatoms. The van der Waals surface area contributed by atoms with Crippen molar-refractivity contribution in [2.75, 3.05) is 25.3 Å². The SMILES string of the molecule is CN(CCl)CCc1ccc2c(c1)CCCS2. The third-order valence-electron chi connectivity index (χ3n) is 2.96. The zero-order chi connectivity index (χ0) is 11.4. The number of nitrogens with zero attached hydrogens (tertiary/aromatic N) is 1. The van der Waals surface area contributed by atoms with Gasteiger partial charge in [-0.1, -0.05) is 12.1 Å². The molecule has 0 spiro atoms. The molecule has 0 N–H and O–H groups in total. The number of aryl methyl sites for hydroxylation is 1. The summed E-state index contributed by atoms with van der Waals surface area (Å²) >= 11 is 7.75. The molecular formula is C13H18ClNS. The monoisotopic (exact) mass is 255 g/mol. The zero-order valence-electron chi connectivity index (χ0n) is 9.71. The summed E-state index contributed by atoms with van der Waals surface area (Å²) in [6.45, 7) is 1.04. The van der Waals surface area contributed by atoms with Crippen molar-refractivity contribution in [1.29, 1.82) is 0 Å². The highest BCUT2D eigenvalue weighted by Gasteiger charge is 2.09. The minimum Gasteiger partial charge on any atom is -0.293 e. The number of hydrogen-bond donors (Lipinski definition) is 0. The van der Waals surface area contributed by atoms with Gasteiger partial charge in [-0.2, -0.15) is 0 Å². The summed E-state index contributed by atoms with van der Waals surface area (Å²) in [6, 6.07) is 7.54. The van der Waals surface area contributed by atoms with Gasteiger partial charge >= 0.3 is 0 Å². The van der Waals surface area contributed by atoms with Crippen molar-refractivity contribution in [3.8, 4) is 0 Å². The quantitative estimate of drug-likeness (QED) is 0.599. The molecule has 0 radical (unpaired) electrons. The Balaban J connectivity index is 2.00. The number of rotatable bonds is 4. The van der Waals surface area contributed by atoms with E-state index in [1.54, 1.807) is 5.56 Å². The Bertz CT molecular complexity index is 354. The van der Waals surface area contributed by atoms with Gasteiger partial charge in [-0.05, 0) is 49.3 Å². The van der Waals surface area contributed by atoms with Crippen LogP contribution < -0.4 is 0 Å². The average Bonchev–Trinajstić information content (AvgIpc) is 2.35. The number of alkyl halides is 1. The van der Waals surface area contributed by atoms with Crippen LogP contribution in [0.2, 0.25) is 0 Å². The summed E-state index contributed by atoms with van der Waals surface area (Å²) < 4.78 is 0. The fourth-order valence-electron chi connectivity index (χ4n) is 1.95. The van der Waals surface area contributed by atoms with Crippen LogP contribution in [0.5, 0.6) is 0 Å². The van der Waals surface area contributed by atoms with Gasteiger partial charge in [0, 0.05) is 11.4 Å². The summed E-state index contributed by atoms with van der Waals surface area (Å²) in [5.41, 5.74) is 2.99. The van der Waals surface area contributed by atoms with Crippen molar-refractivity contribution in [2.45, 2.75) is 24.2 Å². The van der Waals surface area contributed by atoms with E-state index in [9.17, 15) is 0 Å². The van der Waals surface area contributed by atoms with Crippen molar-refractivity contribution in [1.82, 2.24) is 4.90 Å². The third kappa shape index (κ3) is 3.16. The number of halogens is 1. The Morgan fingerprint density at radius 3 is 3.12 bits per heavy atom. The molecule has 0 amide bonds. The standard InChI is InChI=1S/C13H18ClNS/c1-15(10-14)7-6-11-4-5-13-12(9-11)3-2-8-16-13/h4-5,9H,2-3,6-8,10H2,1H3. The first-order valence-electron chi connectivity index (χ1n) is 5.78. The van der Waals surface area contributed by atoms with E-state index in [0.29, 0.717) is 6.00 Å². The minimum atomic E-state index is 0.612. The molecule has 1 nitrogen and oxygen atoms in total. The van der Waals surface area contributed by atoms with Gasteiger partial charge in [0.2, 0.25) is 0 Å². The fraction of sp³-hybridized carbons (Fsp3) is 0.538. The van der Waals surface area contributed by atoms with Gasteiger partial charge in [0.25, 0.3) is 0 Å². The Labute approximate surface area is 107 Å². The minimum absolute atomic E-state index is 0.612. The maximum absolute atomic E-state index is 5.76. The first kappa shape index (κ1) is 12.3. The van der Waals surface area contributed by atoms with E-state index in [1.807, 2.05) is 11.8 Å². The van der Waals surface area contributed by atoms with Crippen LogP contribution >= 0.6 is 23.4 Å². The molecule has 0 bridgehead atoms. The third-order valence-corrected chi connectivity index (χ3v) is 4.57. The second kappa shape index (κ2) is 5.95. The number of hydrogen-bond acceptors (Lipinski definition) is 2. The van der Waals surface area contributed by atoms with Gasteiger partial charge in [0.1, 0.15) is 0 Å². The molecule has 16 heavy (non-hydrogen) atoms. The molecule has 0 unspecified atom stereocenters. The zero-order valence-corrected chi connectivity index (χ0v) is 11.3. The van der Waals surface area contributed by atoms with Crippen LogP contribution in [0.1, 0.15) is 17.5 Å². The van der Waals surface area contributed by atoms with Crippen LogP contribution in [0.25, 0.3) is 0 Å². The molecule has 0 saturated carbocycles. The summed E-state index contributed by atoms with van der Waals surface area (Å²) in [5.74, 6) is 1.28. The first-order chi connectivity index (χ1) is 7.79. The Kier molecular flexibility index (Phi) is 4.56. The molecule has 0 saturated heterocycles. The second-order valence-corrected chi connectivity index (χ2v) is 5.72. The van der Waals surface area contributed by atoms with Crippen molar-refractivity contribution in [2.24, 2.45) is 0 Å². The lowest BCUT2D eigenvalue weighted by atomic mass is 10.0. The van der Waals surface area contributed by atoms with Crippen LogP contribution in [-0.4, -0.2) is 30.2 Å². The van der Waals surface area contributed by atoms with E-state index in [2.05, 4.69) is 30.1 Å². The summed E-state index contributed by atoms with van der Waals surface area (Å²) in [7, 11) is 2.06. The normalized spacial score (nSPS) is 15.2. The van der Waals surface area contributed by atoms with Gasteiger partial charge in [0.05, 0.1) is 6.00 Å². The molecule has 2 rings (SSSR count). The molecule has 0 fully saturated rings. The topological polar surface area (TPSA) is 3.24 Å². The van der Waals surface area contributed by atoms with E-state index >= 15 is 0 Å². The van der Waals surface area contributed by atoms with E-state index in [0.717, 1.165) is 13.0 Å². The molecule has 0 atom stereocenters. The fourth-order valence-corrected chi connectivity index (χ4v) is 3.09. The maximum atomic E-state index is 5.76. The molecule has 1 aromatic rings. The largest absolute Gasteiger partial charge is 0.293 e. The van der Waals surface area contributed by atoms with Crippen LogP contribution in [0, 0.1) is 0 Å². The molecule has 88 valence electrons. The van der Waals surface area contributed by atoms with Gasteiger partial charge in [-0.25, -0.2) is 0 Å². The van der Waals surface area contributed by atoms with Gasteiger partial charge in [0.15, 0.2) is 0 Å². The highest BCUT2D eigenvalue weighted by Crippen LogP contribution is 2.30. The maximum Gasteiger partial charge on any atom is 0.0736 e. The summed E-state index contributed by atoms with van der Waals surface area (Å²) in [4.78, 5) is 3.62. The molecular weight excluding hydrogens is 238 g/mol. The van der Waals surface area contributed by atoms with Crippen LogP contribution in [0.4, 0.5) is 0 Å². The van der Waals surface area contributed by atoms with E-state index < -0.39 is 0 Å². The molecule has 0 aromatic heterocycles. The highest BCUT2D eigenvalue weighted by molar-refractivity contribution is 7.99. The highest BCUT2D eigenvalue weighted by atomic mass is 35.5. The van der Waals surface area contributed by atoms with Gasteiger partial charge < -0.3 is 0 Å². The summed E-state index contributed by atoms with van der Waals surface area (Å²) in [6.07, 6.45) is 3.67. The molecule has 1 aliphatic rings. The van der Waals surface area contributed by atoms with E-state index in [4.69, 9.17) is 11.6 Å². The van der Waals surface area contributed by atoms with Crippen molar-refractivity contribution >= 4 is 23.4 Å². The lowest BCUT2D eigenvalue weighted by Crippen LogP contribution is -2.19. The van der Waals surface area contributed by atoms with Crippen molar-refractivity contribution in [3.05, 3.63) is 29.3 Å². The molecule has 1 aliphatic heterocycles. The Hall–Kier alpha value is -0.180. The number of fused-ring (bicyclic) bond motifs is 1. The van der Waals surface area contributed by atoms with Crippen LogP contribution in [0.15, 0.2) is 23.1 Å². The number of thioether (sulfide) groups is 1. The number of benzene rings is 1. The molecule has 1 heterocycles. The summed E-state index contributed by atoms with van der Waals surface area (Å²) in [5, 5.41) is 0. The predicted molar refractivity (Wildman–Crippen MR) is 72.5 cm³/mol. The predicted octanol–water partition coefficient (Wildman–Crippen LogP) is 3.40. The van der Waals surface area contributed by atoms with E-state index in [-0.39, 0.29) is 0 Å². The molecule has 0 aliphatic carbocycles. The van der Waals surface area contributed by atoms with Crippen LogP contribution in [0.3, 0.4) is 0 Å². The Morgan fingerprint density at radius 1 is 1.44 bits per heavy atom. The van der Waals surface area contributed by atoms with E-state index in [1.165, 1.54) is 29.1 Å². The van der Waals surface area contributed by atoms with Crippen molar-refractivity contribution < 1.29 is 0 Å². The van der Waals surface area contributed by atoms with Gasteiger partial charge in [-0.15, -0.1) is 23.4 Å². The molecule has 1 aromatic carbocycles. The smallest absolute Gasteiger partial charge is 0.0736 e. The second-order valence-electron chi connectivity index (χ2n) is 4.34. The first-order valence-corrected chi connectivity index (χ1v) is 7.30. The van der Waals surface area contributed by atoms with Gasteiger partial charge in [-0.3, -0.25) is 4.90 Å². The lowest BCUT2D eigenvalue weighted by Gasteiger charge is -2.17. The van der Waals surface area contributed by atoms with Crippen molar-refractivity contribution in [3.63, 3.8) is 0 Å².